The second-order valence-electron chi connectivity index (χ2n) is 4.47. The number of thiophene rings is 1. The molecular formula is C14H22N4OS. The number of anilines is 2. The summed E-state index contributed by atoms with van der Waals surface area (Å²) in [4.78, 5) is 14.6. The molecule has 0 unspecified atom stereocenters. The Hall–Kier alpha value is -1.74. The third-order valence-corrected chi connectivity index (χ3v) is 4.21. The van der Waals surface area contributed by atoms with E-state index in [9.17, 15) is 10.1 Å². The lowest BCUT2D eigenvalue weighted by molar-refractivity contribution is 0.0958. The summed E-state index contributed by atoms with van der Waals surface area (Å²) in [5, 5.41) is 12.9. The van der Waals surface area contributed by atoms with Crippen molar-refractivity contribution < 1.29 is 4.79 Å². The summed E-state index contributed by atoms with van der Waals surface area (Å²) >= 11 is 1.31. The lowest BCUT2D eigenvalue weighted by Crippen LogP contribution is -2.24. The minimum absolute atomic E-state index is 0.190. The van der Waals surface area contributed by atoms with Gasteiger partial charge in [-0.15, -0.1) is 11.3 Å². The molecule has 0 saturated carbocycles. The number of nitriles is 1. The third-order valence-electron chi connectivity index (χ3n) is 2.94. The number of nitrogen functional groups attached to an aromatic ring is 1. The number of carbonyl (C=O) groups is 1. The van der Waals surface area contributed by atoms with E-state index in [0.29, 0.717) is 22.7 Å². The first-order valence-corrected chi connectivity index (χ1v) is 7.77. The largest absolute Gasteiger partial charge is 0.396 e. The molecule has 0 aliphatic carbocycles. The SMILES string of the molecule is CCCNC(=O)c1sc(N(CC)CCC)c(C#N)c1N. The maximum Gasteiger partial charge on any atom is 0.263 e. The molecule has 0 aliphatic rings. The average Bonchev–Trinajstić information content (AvgIpc) is 2.78. The summed E-state index contributed by atoms with van der Waals surface area (Å²) < 4.78 is 0. The molecule has 0 bridgehead atoms. The van der Waals surface area contributed by atoms with Gasteiger partial charge in [-0.1, -0.05) is 13.8 Å². The van der Waals surface area contributed by atoms with E-state index in [0.717, 1.165) is 30.9 Å². The molecule has 0 radical (unpaired) electrons. The van der Waals surface area contributed by atoms with Gasteiger partial charge in [-0.2, -0.15) is 5.26 Å². The van der Waals surface area contributed by atoms with Gasteiger partial charge in [-0.25, -0.2) is 0 Å². The van der Waals surface area contributed by atoms with E-state index >= 15 is 0 Å². The lowest BCUT2D eigenvalue weighted by atomic mass is 10.2. The smallest absolute Gasteiger partial charge is 0.263 e. The van der Waals surface area contributed by atoms with Crippen LogP contribution in [-0.4, -0.2) is 25.5 Å². The topological polar surface area (TPSA) is 82.2 Å². The molecule has 0 saturated heterocycles. The number of nitrogens with two attached hydrogens (primary N) is 1. The molecule has 1 rings (SSSR count). The van der Waals surface area contributed by atoms with Gasteiger partial charge in [0.1, 0.15) is 21.5 Å². The number of hydrogen-bond donors (Lipinski definition) is 2. The van der Waals surface area contributed by atoms with Crippen LogP contribution in [0.15, 0.2) is 0 Å². The predicted molar refractivity (Wildman–Crippen MR) is 84.2 cm³/mol. The molecule has 6 heteroatoms. The van der Waals surface area contributed by atoms with Crippen LogP contribution in [0.25, 0.3) is 0 Å². The van der Waals surface area contributed by atoms with E-state index in [1.54, 1.807) is 0 Å². The molecule has 1 aromatic rings. The first-order chi connectivity index (χ1) is 9.60. The van der Waals surface area contributed by atoms with Gasteiger partial charge in [-0.3, -0.25) is 4.79 Å². The van der Waals surface area contributed by atoms with E-state index in [4.69, 9.17) is 5.73 Å². The fourth-order valence-electron chi connectivity index (χ4n) is 1.92. The Kier molecular flexibility index (Phi) is 6.32. The Balaban J connectivity index is 3.14. The van der Waals surface area contributed by atoms with Gasteiger partial charge in [0.15, 0.2) is 0 Å². The molecule has 0 spiro atoms. The van der Waals surface area contributed by atoms with E-state index < -0.39 is 0 Å². The highest BCUT2D eigenvalue weighted by molar-refractivity contribution is 7.19. The maximum absolute atomic E-state index is 12.1. The third kappa shape index (κ3) is 3.42. The van der Waals surface area contributed by atoms with Crippen LogP contribution < -0.4 is 16.0 Å². The van der Waals surface area contributed by atoms with Gasteiger partial charge < -0.3 is 16.0 Å². The molecule has 110 valence electrons. The summed E-state index contributed by atoms with van der Waals surface area (Å²) in [7, 11) is 0. The highest BCUT2D eigenvalue weighted by atomic mass is 32.1. The molecule has 0 fully saturated rings. The number of amides is 1. The molecule has 0 aromatic carbocycles. The highest BCUT2D eigenvalue weighted by Crippen LogP contribution is 2.37. The average molecular weight is 294 g/mol. The number of nitrogens with zero attached hydrogens (tertiary/aromatic N) is 2. The van der Waals surface area contributed by atoms with E-state index in [1.807, 2.05) is 13.8 Å². The van der Waals surface area contributed by atoms with Crippen LogP contribution in [0.2, 0.25) is 0 Å². The van der Waals surface area contributed by atoms with Crippen molar-refractivity contribution in [2.24, 2.45) is 0 Å². The molecule has 1 amide bonds. The van der Waals surface area contributed by atoms with Crippen molar-refractivity contribution in [2.75, 3.05) is 30.3 Å². The summed E-state index contributed by atoms with van der Waals surface area (Å²) in [6, 6.07) is 2.13. The number of rotatable bonds is 7. The van der Waals surface area contributed by atoms with Gasteiger partial charge in [0.25, 0.3) is 5.91 Å². The summed E-state index contributed by atoms with van der Waals surface area (Å²) in [5.41, 5.74) is 6.70. The van der Waals surface area contributed by atoms with Crippen LogP contribution in [0.4, 0.5) is 10.7 Å². The molecule has 0 atom stereocenters. The van der Waals surface area contributed by atoms with Gasteiger partial charge in [0, 0.05) is 19.6 Å². The van der Waals surface area contributed by atoms with Crippen molar-refractivity contribution in [1.82, 2.24) is 5.32 Å². The van der Waals surface area contributed by atoms with Crippen molar-refractivity contribution in [3.05, 3.63) is 10.4 Å². The Bertz CT molecular complexity index is 504. The Morgan fingerprint density at radius 2 is 2.10 bits per heavy atom. The monoisotopic (exact) mass is 294 g/mol. The molecule has 0 aliphatic heterocycles. The molecule has 1 heterocycles. The van der Waals surface area contributed by atoms with Crippen LogP contribution in [0.1, 0.15) is 48.8 Å². The van der Waals surface area contributed by atoms with Crippen LogP contribution in [0, 0.1) is 11.3 Å². The normalized spacial score (nSPS) is 10.1. The Labute approximate surface area is 124 Å². The molecular weight excluding hydrogens is 272 g/mol. The zero-order valence-electron chi connectivity index (χ0n) is 12.3. The minimum atomic E-state index is -0.190. The molecule has 20 heavy (non-hydrogen) atoms. The second-order valence-corrected chi connectivity index (χ2v) is 5.47. The number of hydrogen-bond acceptors (Lipinski definition) is 5. The van der Waals surface area contributed by atoms with E-state index in [2.05, 4.69) is 23.2 Å². The molecule has 1 aromatic heterocycles. The van der Waals surface area contributed by atoms with Crippen molar-refractivity contribution in [3.8, 4) is 6.07 Å². The molecule has 5 nitrogen and oxygen atoms in total. The van der Waals surface area contributed by atoms with Crippen molar-refractivity contribution in [1.29, 1.82) is 5.26 Å². The van der Waals surface area contributed by atoms with Crippen LogP contribution in [-0.2, 0) is 0 Å². The van der Waals surface area contributed by atoms with E-state index in [1.165, 1.54) is 11.3 Å². The quantitative estimate of drug-likeness (QED) is 0.809. The van der Waals surface area contributed by atoms with Crippen molar-refractivity contribution >= 4 is 27.9 Å². The van der Waals surface area contributed by atoms with Gasteiger partial charge >= 0.3 is 0 Å². The zero-order valence-corrected chi connectivity index (χ0v) is 13.1. The fraction of sp³-hybridized carbons (Fsp3) is 0.571. The van der Waals surface area contributed by atoms with Gasteiger partial charge in [0.05, 0.1) is 5.69 Å². The minimum Gasteiger partial charge on any atom is -0.396 e. The first kappa shape index (κ1) is 16.3. The van der Waals surface area contributed by atoms with Gasteiger partial charge in [-0.05, 0) is 19.8 Å². The predicted octanol–water partition coefficient (Wildman–Crippen LogP) is 2.58. The number of nitrogens with one attached hydrogen (secondary N) is 1. The van der Waals surface area contributed by atoms with E-state index in [-0.39, 0.29) is 5.91 Å². The van der Waals surface area contributed by atoms with Crippen molar-refractivity contribution in [2.45, 2.75) is 33.6 Å². The van der Waals surface area contributed by atoms with Crippen LogP contribution in [0.3, 0.4) is 0 Å². The molecule has 3 N–H and O–H groups in total. The zero-order chi connectivity index (χ0) is 15.1. The highest BCUT2D eigenvalue weighted by Gasteiger charge is 2.23. The number of carbonyl (C=O) groups excluding carboxylic acids is 1. The second kappa shape index (κ2) is 7.75. The summed E-state index contributed by atoms with van der Waals surface area (Å²) in [6.07, 6.45) is 1.85. The fourth-order valence-corrected chi connectivity index (χ4v) is 3.10. The van der Waals surface area contributed by atoms with Crippen LogP contribution >= 0.6 is 11.3 Å². The van der Waals surface area contributed by atoms with Crippen LogP contribution in [0.5, 0.6) is 0 Å². The summed E-state index contributed by atoms with van der Waals surface area (Å²) in [5.74, 6) is -0.190. The van der Waals surface area contributed by atoms with Gasteiger partial charge in [0.2, 0.25) is 0 Å². The Morgan fingerprint density at radius 1 is 1.40 bits per heavy atom. The lowest BCUT2D eigenvalue weighted by Gasteiger charge is -2.20. The first-order valence-electron chi connectivity index (χ1n) is 6.96. The standard InChI is InChI=1S/C14H22N4OS/c1-4-7-17-13(19)12-11(16)10(9-15)14(20-12)18(6-3)8-5-2/h4-8,16H2,1-3H3,(H,17,19). The maximum atomic E-state index is 12.1. The van der Waals surface area contributed by atoms with Crippen molar-refractivity contribution in [3.63, 3.8) is 0 Å². The Morgan fingerprint density at radius 3 is 2.60 bits per heavy atom. The summed E-state index contributed by atoms with van der Waals surface area (Å²) in [6.45, 7) is 8.36.